The highest BCUT2D eigenvalue weighted by molar-refractivity contribution is 5.97. The van der Waals surface area contributed by atoms with Crippen molar-refractivity contribution >= 4 is 17.2 Å². The summed E-state index contributed by atoms with van der Waals surface area (Å²) in [7, 11) is 0. The van der Waals surface area contributed by atoms with Gasteiger partial charge in [0.1, 0.15) is 0 Å². The monoisotopic (exact) mass is 392 g/mol. The molecule has 4 heteroatoms. The Kier molecular flexibility index (Phi) is 4.73. The second-order valence-electron chi connectivity index (χ2n) is 8.96. The number of benzene rings is 2. The number of Topliss-reactive ketones (excluding diaryl/α,β-unsaturated/α-hetero) is 1. The molecule has 2 aliphatic rings. The van der Waals surface area contributed by atoms with Gasteiger partial charge in [0.05, 0.1) is 6.10 Å². The van der Waals surface area contributed by atoms with Gasteiger partial charge in [-0.1, -0.05) is 35.4 Å². The Balaban J connectivity index is 1.92. The van der Waals surface area contributed by atoms with Gasteiger partial charge in [0, 0.05) is 30.9 Å². The quantitative estimate of drug-likeness (QED) is 0.728. The molecule has 2 heterocycles. The summed E-state index contributed by atoms with van der Waals surface area (Å²) in [5, 5.41) is 0. The van der Waals surface area contributed by atoms with Crippen molar-refractivity contribution in [1.82, 2.24) is 0 Å². The molecule has 29 heavy (non-hydrogen) atoms. The number of hydrogen-bond donors (Lipinski definition) is 0. The number of nitrogens with zero attached hydrogens (tertiary/aromatic N) is 2. The predicted molar refractivity (Wildman–Crippen MR) is 119 cm³/mol. The van der Waals surface area contributed by atoms with Crippen molar-refractivity contribution in [2.24, 2.45) is 0 Å². The van der Waals surface area contributed by atoms with Crippen molar-refractivity contribution < 1.29 is 9.53 Å². The normalized spacial score (nSPS) is 20.9. The summed E-state index contributed by atoms with van der Waals surface area (Å²) in [4.78, 5) is 18.0. The van der Waals surface area contributed by atoms with Crippen LogP contribution in [-0.2, 0) is 9.53 Å². The fourth-order valence-corrected chi connectivity index (χ4v) is 5.58. The molecule has 4 nitrogen and oxygen atoms in total. The Labute approximate surface area is 174 Å². The van der Waals surface area contributed by atoms with Crippen LogP contribution < -0.4 is 9.80 Å². The van der Waals surface area contributed by atoms with Crippen LogP contribution in [0.5, 0.6) is 0 Å². The number of carbonyl (C=O) groups is 1. The summed E-state index contributed by atoms with van der Waals surface area (Å²) in [6.45, 7) is 16.3. The first-order valence-electron chi connectivity index (χ1n) is 10.6. The van der Waals surface area contributed by atoms with Gasteiger partial charge in [0.15, 0.2) is 0 Å². The third kappa shape index (κ3) is 2.96. The van der Waals surface area contributed by atoms with Crippen LogP contribution in [0, 0.1) is 41.5 Å². The molecule has 0 radical (unpaired) electrons. The third-order valence-electron chi connectivity index (χ3n) is 6.29. The van der Waals surface area contributed by atoms with Gasteiger partial charge >= 0.3 is 0 Å². The zero-order chi connectivity index (χ0) is 21.1. The number of hydrogen-bond acceptors (Lipinski definition) is 4. The number of rotatable bonds is 2. The Morgan fingerprint density at radius 3 is 1.48 bits per heavy atom. The highest BCUT2D eigenvalue weighted by Gasteiger charge is 2.60. The SMILES string of the molecule is Cc1cc(C)c(N2CCN(c3c(C)cc(C)cc3C)C23OC(C)CC3=O)c(C)c1. The van der Waals surface area contributed by atoms with Crippen LogP contribution in [0.2, 0.25) is 0 Å². The van der Waals surface area contributed by atoms with E-state index < -0.39 is 5.85 Å². The summed E-state index contributed by atoms with van der Waals surface area (Å²) in [6, 6.07) is 8.79. The second-order valence-corrected chi connectivity index (χ2v) is 8.96. The van der Waals surface area contributed by atoms with Crippen molar-refractivity contribution in [1.29, 1.82) is 0 Å². The molecule has 0 bridgehead atoms. The van der Waals surface area contributed by atoms with Gasteiger partial charge in [-0.2, -0.15) is 0 Å². The third-order valence-corrected chi connectivity index (χ3v) is 6.29. The maximum absolute atomic E-state index is 13.5. The lowest BCUT2D eigenvalue weighted by molar-refractivity contribution is -0.131. The molecule has 0 saturated carbocycles. The molecule has 2 aliphatic heterocycles. The van der Waals surface area contributed by atoms with E-state index in [1.165, 1.54) is 33.4 Å². The molecular weight excluding hydrogens is 360 g/mol. The topological polar surface area (TPSA) is 32.8 Å². The van der Waals surface area contributed by atoms with Crippen molar-refractivity contribution in [3.05, 3.63) is 57.6 Å². The van der Waals surface area contributed by atoms with Gasteiger partial charge in [-0.25, -0.2) is 0 Å². The fraction of sp³-hybridized carbons (Fsp3) is 0.480. The smallest absolute Gasteiger partial charge is 0.284 e. The summed E-state index contributed by atoms with van der Waals surface area (Å²) < 4.78 is 6.54. The van der Waals surface area contributed by atoms with Crippen molar-refractivity contribution in [2.75, 3.05) is 22.9 Å². The number of ether oxygens (including phenoxy) is 1. The molecule has 154 valence electrons. The molecule has 0 N–H and O–H groups in total. The largest absolute Gasteiger partial charge is 0.328 e. The first kappa shape index (κ1) is 20.0. The molecule has 0 aliphatic carbocycles. The molecule has 2 aromatic carbocycles. The zero-order valence-corrected chi connectivity index (χ0v) is 18.7. The second kappa shape index (κ2) is 6.88. The molecular formula is C25H32N2O2. The Morgan fingerprint density at radius 2 is 1.17 bits per heavy atom. The number of aryl methyl sites for hydroxylation is 6. The Hall–Kier alpha value is -2.33. The van der Waals surface area contributed by atoms with Crippen LogP contribution in [0.3, 0.4) is 0 Å². The van der Waals surface area contributed by atoms with Crippen molar-refractivity contribution in [2.45, 2.75) is 66.8 Å². The van der Waals surface area contributed by atoms with Gasteiger partial charge in [-0.05, 0) is 70.7 Å². The molecule has 2 aromatic rings. The summed E-state index contributed by atoms with van der Waals surface area (Å²) in [5.41, 5.74) is 9.51. The van der Waals surface area contributed by atoms with E-state index >= 15 is 0 Å². The minimum atomic E-state index is -1.06. The van der Waals surface area contributed by atoms with Crippen LogP contribution in [0.1, 0.15) is 46.7 Å². The summed E-state index contributed by atoms with van der Waals surface area (Å²) in [5.74, 6) is -0.907. The van der Waals surface area contributed by atoms with E-state index in [0.29, 0.717) is 6.42 Å². The predicted octanol–water partition coefficient (Wildman–Crippen LogP) is 4.90. The standard InChI is InChI=1S/C25H32N2O2/c1-15-10-17(3)23(18(4)11-15)26-8-9-27(25(26)22(28)14-21(7)29-25)24-19(5)12-16(2)13-20(24)6/h10-13,21H,8-9,14H2,1-7H3. The fourth-order valence-electron chi connectivity index (χ4n) is 5.58. The first-order valence-corrected chi connectivity index (χ1v) is 10.6. The molecule has 1 spiro atoms. The number of carbonyl (C=O) groups excluding carboxylic acids is 1. The number of anilines is 2. The molecule has 4 rings (SSSR count). The summed E-state index contributed by atoms with van der Waals surface area (Å²) >= 11 is 0. The lowest BCUT2D eigenvalue weighted by Gasteiger charge is -2.42. The van der Waals surface area contributed by atoms with Gasteiger partial charge in [-0.15, -0.1) is 0 Å². The Morgan fingerprint density at radius 1 is 0.793 bits per heavy atom. The molecule has 1 atom stereocenters. The van der Waals surface area contributed by atoms with E-state index in [0.717, 1.165) is 24.5 Å². The average Bonchev–Trinajstić information content (AvgIpc) is 3.07. The van der Waals surface area contributed by atoms with Crippen LogP contribution in [-0.4, -0.2) is 30.8 Å². The van der Waals surface area contributed by atoms with Gasteiger partial charge in [-0.3, -0.25) is 4.79 Å². The van der Waals surface area contributed by atoms with E-state index in [9.17, 15) is 4.79 Å². The highest BCUT2D eigenvalue weighted by atomic mass is 16.6. The maximum atomic E-state index is 13.5. The van der Waals surface area contributed by atoms with E-state index in [1.807, 2.05) is 6.92 Å². The van der Waals surface area contributed by atoms with E-state index in [2.05, 4.69) is 75.6 Å². The minimum Gasteiger partial charge on any atom is -0.328 e. The van der Waals surface area contributed by atoms with Crippen LogP contribution in [0.15, 0.2) is 24.3 Å². The molecule has 2 saturated heterocycles. The lowest BCUT2D eigenvalue weighted by atomic mass is 10.0. The van der Waals surface area contributed by atoms with Gasteiger partial charge in [0.25, 0.3) is 5.85 Å². The Bertz CT molecular complexity index is 883. The van der Waals surface area contributed by atoms with E-state index in [1.54, 1.807) is 0 Å². The lowest BCUT2D eigenvalue weighted by Crippen LogP contribution is -2.59. The molecule has 0 amide bonds. The molecule has 1 unspecified atom stereocenters. The van der Waals surface area contributed by atoms with E-state index in [-0.39, 0.29) is 11.9 Å². The maximum Gasteiger partial charge on any atom is 0.284 e. The van der Waals surface area contributed by atoms with Crippen LogP contribution in [0.25, 0.3) is 0 Å². The van der Waals surface area contributed by atoms with Crippen molar-refractivity contribution in [3.8, 4) is 0 Å². The molecule has 2 fully saturated rings. The van der Waals surface area contributed by atoms with E-state index in [4.69, 9.17) is 4.74 Å². The van der Waals surface area contributed by atoms with Crippen LogP contribution >= 0.6 is 0 Å². The van der Waals surface area contributed by atoms with Crippen molar-refractivity contribution in [3.63, 3.8) is 0 Å². The van der Waals surface area contributed by atoms with Gasteiger partial charge in [0.2, 0.25) is 5.78 Å². The van der Waals surface area contributed by atoms with Gasteiger partial charge < -0.3 is 14.5 Å². The molecule has 0 aromatic heterocycles. The minimum absolute atomic E-state index is 0.0947. The first-order chi connectivity index (χ1) is 13.6. The highest BCUT2D eigenvalue weighted by Crippen LogP contribution is 2.46. The zero-order valence-electron chi connectivity index (χ0n) is 18.7. The number of ketones is 1. The summed E-state index contributed by atoms with van der Waals surface area (Å²) in [6.07, 6.45) is 0.351. The average molecular weight is 393 g/mol. The van der Waals surface area contributed by atoms with Crippen LogP contribution in [0.4, 0.5) is 11.4 Å².